The number of hydrogen-bond donors (Lipinski definition) is 0. The summed E-state index contributed by atoms with van der Waals surface area (Å²) in [6, 6.07) is 5.31. The first-order chi connectivity index (χ1) is 12.3. The summed E-state index contributed by atoms with van der Waals surface area (Å²) in [5.74, 6) is -9.96. The van der Waals surface area contributed by atoms with Crippen molar-refractivity contribution in [2.24, 2.45) is 0 Å². The Morgan fingerprint density at radius 1 is 0.731 bits per heavy atom. The van der Waals surface area contributed by atoms with Gasteiger partial charge < -0.3 is 13.3 Å². The van der Waals surface area contributed by atoms with Crippen molar-refractivity contribution in [3.05, 3.63) is 53.4 Å². The van der Waals surface area contributed by atoms with Crippen LogP contribution in [-0.2, 0) is 13.3 Å². The Kier molecular flexibility index (Phi) is 6.51. The van der Waals surface area contributed by atoms with E-state index in [1.54, 1.807) is 13.8 Å². The number of benzene rings is 2. The zero-order chi connectivity index (χ0) is 19.5. The normalized spacial score (nSPS) is 11.8. The van der Waals surface area contributed by atoms with E-state index in [-0.39, 0.29) is 5.56 Å². The van der Waals surface area contributed by atoms with E-state index >= 15 is 0 Å². The first-order valence-corrected chi connectivity index (χ1v) is 9.50. The van der Waals surface area contributed by atoms with Crippen molar-refractivity contribution in [2.45, 2.75) is 13.8 Å². The van der Waals surface area contributed by atoms with E-state index in [2.05, 4.69) is 0 Å². The Labute approximate surface area is 148 Å². The second kappa shape index (κ2) is 8.25. The summed E-state index contributed by atoms with van der Waals surface area (Å²) in [5, 5.41) is 0.497. The molecule has 0 atom stereocenters. The second-order valence-electron chi connectivity index (χ2n) is 5.15. The zero-order valence-electron chi connectivity index (χ0n) is 14.3. The minimum atomic E-state index is -3.22. The van der Waals surface area contributed by atoms with E-state index in [0.717, 1.165) is 0 Å². The van der Waals surface area contributed by atoms with Crippen molar-refractivity contribution in [3.8, 4) is 11.1 Å². The van der Waals surface area contributed by atoms with Gasteiger partial charge in [0.2, 0.25) is 5.82 Å². The Morgan fingerprint density at radius 3 is 1.54 bits per heavy atom. The molecule has 0 aliphatic carbocycles. The van der Waals surface area contributed by atoms with Gasteiger partial charge in [0.15, 0.2) is 23.3 Å². The highest BCUT2D eigenvalue weighted by molar-refractivity contribution is 6.75. The molecule has 2 rings (SSSR count). The largest absolute Gasteiger partial charge is 0.536 e. The molecule has 142 valence electrons. The van der Waals surface area contributed by atoms with Gasteiger partial charge in [-0.25, -0.2) is 22.0 Å². The van der Waals surface area contributed by atoms with Crippen molar-refractivity contribution < 1.29 is 35.2 Å². The Bertz CT molecular complexity index is 748. The summed E-state index contributed by atoms with van der Waals surface area (Å²) < 4.78 is 84.5. The number of hydrogen-bond acceptors (Lipinski definition) is 3. The van der Waals surface area contributed by atoms with Crippen LogP contribution in [0.15, 0.2) is 24.3 Å². The molecule has 26 heavy (non-hydrogen) atoms. The molecule has 2 aromatic carbocycles. The molecule has 0 aliphatic rings. The molecule has 0 aromatic heterocycles. The molecule has 0 radical (unpaired) electrons. The van der Waals surface area contributed by atoms with Gasteiger partial charge in [-0.3, -0.25) is 0 Å². The lowest BCUT2D eigenvalue weighted by molar-refractivity contribution is 0.102. The molecular weight excluding hydrogens is 375 g/mol. The lowest BCUT2D eigenvalue weighted by atomic mass is 10.0. The molecule has 0 N–H and O–H groups in total. The van der Waals surface area contributed by atoms with Crippen molar-refractivity contribution in [2.75, 3.05) is 20.3 Å². The smallest absolute Gasteiger partial charge is 0.373 e. The fourth-order valence-corrected chi connectivity index (χ4v) is 4.75. The predicted molar refractivity (Wildman–Crippen MR) is 87.3 cm³/mol. The van der Waals surface area contributed by atoms with Crippen molar-refractivity contribution in [3.63, 3.8) is 0 Å². The SMILES string of the molecule is CCO[Si](OC)(OCC)c1ccc(-c2c(F)c(F)c(F)c(F)c2F)cc1. The third-order valence-corrected chi connectivity index (χ3v) is 6.59. The quantitative estimate of drug-likeness (QED) is 0.309. The molecule has 2 aromatic rings. The Balaban J connectivity index is 2.54. The summed E-state index contributed by atoms with van der Waals surface area (Å²) in [6.07, 6.45) is 0. The van der Waals surface area contributed by atoms with Crippen LogP contribution < -0.4 is 5.19 Å². The van der Waals surface area contributed by atoms with Crippen LogP contribution in [0, 0.1) is 29.1 Å². The highest BCUT2D eigenvalue weighted by Crippen LogP contribution is 2.31. The maximum absolute atomic E-state index is 13.9. The topological polar surface area (TPSA) is 27.7 Å². The van der Waals surface area contributed by atoms with Crippen LogP contribution in [0.2, 0.25) is 0 Å². The van der Waals surface area contributed by atoms with Crippen LogP contribution in [0.4, 0.5) is 22.0 Å². The number of halogens is 5. The average Bonchev–Trinajstić information content (AvgIpc) is 2.65. The standard InChI is InChI=1S/C17H17F5O3Si/c1-4-24-26(23-3,25-5-2)11-8-6-10(7-9-11)12-13(18)15(20)17(22)16(21)14(12)19/h6-9H,4-5H2,1-3H3. The fourth-order valence-electron chi connectivity index (χ4n) is 2.52. The lowest BCUT2D eigenvalue weighted by Crippen LogP contribution is -2.56. The van der Waals surface area contributed by atoms with Crippen LogP contribution in [0.25, 0.3) is 11.1 Å². The number of rotatable bonds is 7. The van der Waals surface area contributed by atoms with Gasteiger partial charge in [0.05, 0.1) is 5.56 Å². The molecule has 0 spiro atoms. The van der Waals surface area contributed by atoms with E-state index in [4.69, 9.17) is 13.3 Å². The molecule has 0 saturated carbocycles. The summed E-state index contributed by atoms with van der Waals surface area (Å²) >= 11 is 0. The minimum absolute atomic E-state index is 0.173. The van der Waals surface area contributed by atoms with E-state index in [1.165, 1.54) is 31.4 Å². The first-order valence-electron chi connectivity index (χ1n) is 7.78. The summed E-state index contributed by atoms with van der Waals surface area (Å²) in [6.45, 7) is 4.12. The molecular formula is C17H17F5O3Si. The second-order valence-corrected chi connectivity index (χ2v) is 7.82. The van der Waals surface area contributed by atoms with E-state index in [9.17, 15) is 22.0 Å². The van der Waals surface area contributed by atoms with Gasteiger partial charge in [0.1, 0.15) is 0 Å². The van der Waals surface area contributed by atoms with Gasteiger partial charge in [0, 0.05) is 25.5 Å². The van der Waals surface area contributed by atoms with Crippen LogP contribution >= 0.6 is 0 Å². The van der Waals surface area contributed by atoms with Gasteiger partial charge in [-0.15, -0.1) is 0 Å². The van der Waals surface area contributed by atoms with Gasteiger partial charge in [-0.1, -0.05) is 24.3 Å². The van der Waals surface area contributed by atoms with Crippen LogP contribution in [0.3, 0.4) is 0 Å². The molecule has 9 heteroatoms. The van der Waals surface area contributed by atoms with Crippen LogP contribution in [0.1, 0.15) is 13.8 Å². The van der Waals surface area contributed by atoms with E-state index in [0.29, 0.717) is 18.4 Å². The van der Waals surface area contributed by atoms with E-state index < -0.39 is 43.5 Å². The van der Waals surface area contributed by atoms with Crippen molar-refractivity contribution in [1.82, 2.24) is 0 Å². The van der Waals surface area contributed by atoms with Gasteiger partial charge >= 0.3 is 8.80 Å². The zero-order valence-corrected chi connectivity index (χ0v) is 15.3. The van der Waals surface area contributed by atoms with E-state index in [1.807, 2.05) is 0 Å². The van der Waals surface area contributed by atoms with Gasteiger partial charge in [0.25, 0.3) is 0 Å². The molecule has 0 aliphatic heterocycles. The molecule has 0 bridgehead atoms. The van der Waals surface area contributed by atoms with Crippen molar-refractivity contribution in [1.29, 1.82) is 0 Å². The predicted octanol–water partition coefficient (Wildman–Crippen LogP) is 3.91. The molecule has 0 unspecified atom stereocenters. The highest BCUT2D eigenvalue weighted by atomic mass is 28.4. The minimum Gasteiger partial charge on any atom is -0.373 e. The third kappa shape index (κ3) is 3.52. The Hall–Kier alpha value is -1.81. The molecule has 0 fully saturated rings. The summed E-state index contributed by atoms with van der Waals surface area (Å²) in [7, 11) is -1.81. The Morgan fingerprint density at radius 2 is 1.15 bits per heavy atom. The molecule has 0 heterocycles. The van der Waals surface area contributed by atoms with Gasteiger partial charge in [-0.05, 0) is 19.4 Å². The van der Waals surface area contributed by atoms with Crippen molar-refractivity contribution >= 4 is 14.0 Å². The fraction of sp³-hybridized carbons (Fsp3) is 0.294. The first kappa shape index (κ1) is 20.5. The third-order valence-electron chi connectivity index (χ3n) is 3.67. The summed E-state index contributed by atoms with van der Waals surface area (Å²) in [5.41, 5.74) is -1.17. The van der Waals surface area contributed by atoms with Crippen LogP contribution in [0.5, 0.6) is 0 Å². The monoisotopic (exact) mass is 392 g/mol. The van der Waals surface area contributed by atoms with Crippen LogP contribution in [-0.4, -0.2) is 29.1 Å². The lowest BCUT2D eigenvalue weighted by Gasteiger charge is -2.27. The molecule has 3 nitrogen and oxygen atoms in total. The maximum atomic E-state index is 13.9. The molecule has 0 amide bonds. The average molecular weight is 392 g/mol. The summed E-state index contributed by atoms with van der Waals surface area (Å²) in [4.78, 5) is 0. The molecule has 0 saturated heterocycles. The maximum Gasteiger partial charge on any atom is 0.536 e. The van der Waals surface area contributed by atoms with Gasteiger partial charge in [-0.2, -0.15) is 0 Å². The highest BCUT2D eigenvalue weighted by Gasteiger charge is 2.42.